The van der Waals surface area contributed by atoms with Crippen LogP contribution >= 0.6 is 11.6 Å². The van der Waals surface area contributed by atoms with Gasteiger partial charge in [-0.15, -0.1) is 0 Å². The number of ketones is 1. The minimum absolute atomic E-state index is 0.0342. The Morgan fingerprint density at radius 3 is 2.59 bits per heavy atom. The molecule has 2 aromatic rings. The zero-order valence-electron chi connectivity index (χ0n) is 12.2. The molecule has 0 aromatic heterocycles. The highest BCUT2D eigenvalue weighted by atomic mass is 35.5. The Kier molecular flexibility index (Phi) is 5.81. The summed E-state index contributed by atoms with van der Waals surface area (Å²) < 4.78 is 10.9. The maximum atomic E-state index is 11.3. The van der Waals surface area contributed by atoms with Gasteiger partial charge in [0.05, 0.1) is 5.02 Å². The number of aliphatic hydroxyl groups excluding tert-OH is 1. The van der Waals surface area contributed by atoms with E-state index >= 15 is 0 Å². The highest BCUT2D eigenvalue weighted by Gasteiger charge is 2.09. The van der Waals surface area contributed by atoms with Gasteiger partial charge in [0.25, 0.3) is 0 Å². The molecule has 22 heavy (non-hydrogen) atoms. The van der Waals surface area contributed by atoms with Crippen molar-refractivity contribution >= 4 is 17.4 Å². The molecule has 2 rings (SSSR count). The summed E-state index contributed by atoms with van der Waals surface area (Å²) in [4.78, 5) is 11.3. The SMILES string of the molecule is CC(=O)c1cccc(OCC(O)COc2ccccc2Cl)c1. The normalized spacial score (nSPS) is 11.8. The number of carbonyl (C=O) groups excluding carboxylic acids is 1. The predicted molar refractivity (Wildman–Crippen MR) is 84.9 cm³/mol. The van der Waals surface area contributed by atoms with Gasteiger partial charge in [-0.05, 0) is 31.2 Å². The molecule has 0 saturated heterocycles. The molecule has 116 valence electrons. The van der Waals surface area contributed by atoms with Crippen molar-refractivity contribution in [1.82, 2.24) is 0 Å². The number of Topliss-reactive ketones (excluding diaryl/α,β-unsaturated/α-hetero) is 1. The van der Waals surface area contributed by atoms with Crippen LogP contribution in [0.25, 0.3) is 0 Å². The maximum absolute atomic E-state index is 11.3. The number of rotatable bonds is 7. The largest absolute Gasteiger partial charge is 0.491 e. The van der Waals surface area contributed by atoms with Crippen molar-refractivity contribution < 1.29 is 19.4 Å². The number of hydrogen-bond donors (Lipinski definition) is 1. The second-order valence-corrected chi connectivity index (χ2v) is 5.20. The van der Waals surface area contributed by atoms with Gasteiger partial charge in [-0.1, -0.05) is 35.9 Å². The lowest BCUT2D eigenvalue weighted by Gasteiger charge is -2.14. The fraction of sp³-hybridized carbons (Fsp3) is 0.235. The molecule has 0 aliphatic carbocycles. The Morgan fingerprint density at radius 1 is 1.14 bits per heavy atom. The van der Waals surface area contributed by atoms with Crippen LogP contribution in [0.4, 0.5) is 0 Å². The summed E-state index contributed by atoms with van der Waals surface area (Å²) in [6, 6.07) is 13.9. The number of hydrogen-bond acceptors (Lipinski definition) is 4. The minimum Gasteiger partial charge on any atom is -0.491 e. The van der Waals surface area contributed by atoms with Crippen molar-refractivity contribution in [2.45, 2.75) is 13.0 Å². The highest BCUT2D eigenvalue weighted by Crippen LogP contribution is 2.23. The summed E-state index contributed by atoms with van der Waals surface area (Å²) in [5, 5.41) is 10.4. The summed E-state index contributed by atoms with van der Waals surface area (Å²) in [7, 11) is 0. The molecule has 4 nitrogen and oxygen atoms in total. The van der Waals surface area contributed by atoms with Crippen LogP contribution in [-0.4, -0.2) is 30.2 Å². The Labute approximate surface area is 134 Å². The summed E-state index contributed by atoms with van der Waals surface area (Å²) >= 11 is 5.96. The van der Waals surface area contributed by atoms with Gasteiger partial charge in [0.1, 0.15) is 30.8 Å². The van der Waals surface area contributed by atoms with E-state index in [1.54, 1.807) is 48.5 Å². The van der Waals surface area contributed by atoms with E-state index in [4.69, 9.17) is 21.1 Å². The van der Waals surface area contributed by atoms with Crippen molar-refractivity contribution in [2.24, 2.45) is 0 Å². The Morgan fingerprint density at radius 2 is 1.86 bits per heavy atom. The van der Waals surface area contributed by atoms with E-state index in [9.17, 15) is 9.90 Å². The highest BCUT2D eigenvalue weighted by molar-refractivity contribution is 6.32. The molecule has 5 heteroatoms. The molecular formula is C17H17ClO4. The van der Waals surface area contributed by atoms with Crippen LogP contribution in [0.2, 0.25) is 5.02 Å². The number of benzene rings is 2. The van der Waals surface area contributed by atoms with E-state index in [0.29, 0.717) is 22.1 Å². The average molecular weight is 321 g/mol. The van der Waals surface area contributed by atoms with E-state index < -0.39 is 6.10 Å². The Bertz CT molecular complexity index is 642. The summed E-state index contributed by atoms with van der Waals surface area (Å²) in [5.41, 5.74) is 0.569. The van der Waals surface area contributed by atoms with Crippen LogP contribution in [0.15, 0.2) is 48.5 Å². The number of para-hydroxylation sites is 1. The van der Waals surface area contributed by atoms with E-state index in [1.807, 2.05) is 0 Å². The first-order chi connectivity index (χ1) is 10.6. The fourth-order valence-corrected chi connectivity index (χ4v) is 1.98. The molecule has 0 aliphatic rings. The topological polar surface area (TPSA) is 55.8 Å². The molecule has 0 saturated carbocycles. The first kappa shape index (κ1) is 16.3. The summed E-state index contributed by atoms with van der Waals surface area (Å²) in [5.74, 6) is 1.01. The van der Waals surface area contributed by atoms with Crippen LogP contribution in [-0.2, 0) is 0 Å². The van der Waals surface area contributed by atoms with Gasteiger partial charge in [0.2, 0.25) is 0 Å². The second kappa shape index (κ2) is 7.82. The van der Waals surface area contributed by atoms with Gasteiger partial charge < -0.3 is 14.6 Å². The molecule has 1 N–H and O–H groups in total. The number of ether oxygens (including phenoxy) is 2. The van der Waals surface area contributed by atoms with Gasteiger partial charge in [0, 0.05) is 5.56 Å². The number of carbonyl (C=O) groups is 1. The monoisotopic (exact) mass is 320 g/mol. The van der Waals surface area contributed by atoms with E-state index in [-0.39, 0.29) is 19.0 Å². The molecule has 1 atom stereocenters. The van der Waals surface area contributed by atoms with Crippen LogP contribution in [0.5, 0.6) is 11.5 Å². The fourth-order valence-electron chi connectivity index (χ4n) is 1.79. The molecule has 0 spiro atoms. The number of aliphatic hydroxyl groups is 1. The molecule has 0 fully saturated rings. The first-order valence-corrected chi connectivity index (χ1v) is 7.23. The lowest BCUT2D eigenvalue weighted by Crippen LogP contribution is -2.25. The standard InChI is InChI=1S/C17H17ClO4/c1-12(19)13-5-4-6-15(9-13)21-10-14(20)11-22-17-8-3-2-7-16(17)18/h2-9,14,20H,10-11H2,1H3. The Hall–Kier alpha value is -2.04. The van der Waals surface area contributed by atoms with E-state index in [1.165, 1.54) is 6.92 Å². The molecule has 0 radical (unpaired) electrons. The van der Waals surface area contributed by atoms with Crippen molar-refractivity contribution in [3.63, 3.8) is 0 Å². The molecule has 2 aromatic carbocycles. The molecule has 0 heterocycles. The van der Waals surface area contributed by atoms with Crippen molar-refractivity contribution in [2.75, 3.05) is 13.2 Å². The van der Waals surface area contributed by atoms with Crippen LogP contribution in [0.3, 0.4) is 0 Å². The van der Waals surface area contributed by atoms with E-state index in [0.717, 1.165) is 0 Å². The predicted octanol–water partition coefficient (Wildman–Crippen LogP) is 3.36. The lowest BCUT2D eigenvalue weighted by atomic mass is 10.1. The third-order valence-corrected chi connectivity index (χ3v) is 3.26. The zero-order valence-corrected chi connectivity index (χ0v) is 12.9. The van der Waals surface area contributed by atoms with Crippen molar-refractivity contribution in [1.29, 1.82) is 0 Å². The number of halogens is 1. The smallest absolute Gasteiger partial charge is 0.159 e. The second-order valence-electron chi connectivity index (χ2n) is 4.79. The third kappa shape index (κ3) is 4.76. The van der Waals surface area contributed by atoms with Gasteiger partial charge in [-0.2, -0.15) is 0 Å². The molecule has 0 aliphatic heterocycles. The molecule has 0 bridgehead atoms. The molecule has 1 unspecified atom stereocenters. The van der Waals surface area contributed by atoms with E-state index in [2.05, 4.69) is 0 Å². The van der Waals surface area contributed by atoms with Crippen molar-refractivity contribution in [3.05, 3.63) is 59.1 Å². The quantitative estimate of drug-likeness (QED) is 0.795. The van der Waals surface area contributed by atoms with Gasteiger partial charge >= 0.3 is 0 Å². The van der Waals surface area contributed by atoms with Gasteiger partial charge in [0.15, 0.2) is 5.78 Å². The maximum Gasteiger partial charge on any atom is 0.159 e. The molecular weight excluding hydrogens is 304 g/mol. The summed E-state index contributed by atoms with van der Waals surface area (Å²) in [6.45, 7) is 1.62. The van der Waals surface area contributed by atoms with Gasteiger partial charge in [-0.25, -0.2) is 0 Å². The zero-order chi connectivity index (χ0) is 15.9. The minimum atomic E-state index is -0.808. The summed E-state index contributed by atoms with van der Waals surface area (Å²) in [6.07, 6.45) is -0.808. The van der Waals surface area contributed by atoms with Crippen LogP contribution < -0.4 is 9.47 Å². The van der Waals surface area contributed by atoms with Crippen molar-refractivity contribution in [3.8, 4) is 11.5 Å². The lowest BCUT2D eigenvalue weighted by molar-refractivity contribution is 0.0626. The van der Waals surface area contributed by atoms with Crippen LogP contribution in [0.1, 0.15) is 17.3 Å². The Balaban J connectivity index is 1.83. The average Bonchev–Trinajstić information content (AvgIpc) is 2.52. The van der Waals surface area contributed by atoms with Gasteiger partial charge in [-0.3, -0.25) is 4.79 Å². The third-order valence-electron chi connectivity index (χ3n) is 2.95. The van der Waals surface area contributed by atoms with Crippen LogP contribution in [0, 0.1) is 0 Å². The molecule has 0 amide bonds. The first-order valence-electron chi connectivity index (χ1n) is 6.85.